The van der Waals surface area contributed by atoms with Crippen molar-refractivity contribution in [3.05, 3.63) is 29.3 Å². The molecule has 0 radical (unpaired) electrons. The normalized spacial score (nSPS) is 22.7. The van der Waals surface area contributed by atoms with Gasteiger partial charge in [0.15, 0.2) is 0 Å². The van der Waals surface area contributed by atoms with Gasteiger partial charge in [-0.1, -0.05) is 18.6 Å². The molecule has 1 aromatic carbocycles. The maximum absolute atomic E-state index is 12.8. The number of likely N-dealkylation sites (N-methyl/N-ethyl adjacent to an activating group) is 1. The number of aromatic hydroxyl groups is 1. The first-order chi connectivity index (χ1) is 11.9. The molecule has 1 amide bonds. The highest BCUT2D eigenvalue weighted by atomic mass is 16.5. The Labute approximate surface area is 150 Å². The first-order valence-electron chi connectivity index (χ1n) is 9.31. The second-order valence-corrected chi connectivity index (χ2v) is 7.80. The third kappa shape index (κ3) is 3.98. The summed E-state index contributed by atoms with van der Waals surface area (Å²) < 4.78 is 6.05. The number of carbonyl (C=O) groups is 1. The van der Waals surface area contributed by atoms with Gasteiger partial charge in [0.25, 0.3) is 5.91 Å². The van der Waals surface area contributed by atoms with E-state index < -0.39 is 0 Å². The topological polar surface area (TPSA) is 53.0 Å². The summed E-state index contributed by atoms with van der Waals surface area (Å²) in [5.74, 6) is 0.0139. The summed E-state index contributed by atoms with van der Waals surface area (Å²) in [7, 11) is 2.13. The third-order valence-corrected chi connectivity index (χ3v) is 5.83. The molecule has 1 N–H and O–H groups in total. The highest BCUT2D eigenvalue weighted by Crippen LogP contribution is 2.42. The van der Waals surface area contributed by atoms with Gasteiger partial charge in [-0.3, -0.25) is 4.79 Å². The number of amides is 1. The second kappa shape index (κ2) is 7.34. The zero-order valence-corrected chi connectivity index (χ0v) is 15.6. The molecule has 2 heterocycles. The molecule has 0 bridgehead atoms. The number of benzene rings is 1. The quantitative estimate of drug-likeness (QED) is 0.911. The van der Waals surface area contributed by atoms with Gasteiger partial charge in [-0.05, 0) is 57.3 Å². The summed E-state index contributed by atoms with van der Waals surface area (Å²) in [5, 5.41) is 10.0. The summed E-state index contributed by atoms with van der Waals surface area (Å²) in [6, 6.07) is 5.20. The Morgan fingerprint density at radius 3 is 2.80 bits per heavy atom. The second-order valence-electron chi connectivity index (χ2n) is 7.80. The van der Waals surface area contributed by atoms with E-state index in [4.69, 9.17) is 4.74 Å². The average molecular weight is 346 g/mol. The molecule has 0 aliphatic carbocycles. The lowest BCUT2D eigenvalue weighted by atomic mass is 9.76. The molecular formula is C20H30N2O3. The standard InChI is InChI=1S/C20H30N2O3/c1-4-21(3)13-16-12-20(14-25-16)7-9-22(10-8-20)19(24)17-11-15(2)5-6-18(17)23/h5-6,11,16,23H,4,7-10,12-14H2,1-3H3. The number of ether oxygens (including phenoxy) is 1. The van der Waals surface area contributed by atoms with Crippen molar-refractivity contribution in [1.82, 2.24) is 9.80 Å². The molecule has 1 aromatic rings. The van der Waals surface area contributed by atoms with E-state index in [2.05, 4.69) is 18.9 Å². The molecule has 5 heteroatoms. The van der Waals surface area contributed by atoms with E-state index in [1.54, 1.807) is 12.1 Å². The van der Waals surface area contributed by atoms with Crippen LogP contribution in [0.3, 0.4) is 0 Å². The molecule has 5 nitrogen and oxygen atoms in total. The first-order valence-corrected chi connectivity index (χ1v) is 9.31. The van der Waals surface area contributed by atoms with Gasteiger partial charge in [-0.2, -0.15) is 0 Å². The van der Waals surface area contributed by atoms with E-state index >= 15 is 0 Å². The molecule has 25 heavy (non-hydrogen) atoms. The molecule has 0 saturated carbocycles. The highest BCUT2D eigenvalue weighted by molar-refractivity contribution is 5.97. The average Bonchev–Trinajstić information content (AvgIpc) is 2.99. The number of likely N-dealkylation sites (tertiary alicyclic amines) is 1. The Bertz CT molecular complexity index is 623. The van der Waals surface area contributed by atoms with Crippen molar-refractivity contribution in [2.45, 2.75) is 39.2 Å². The molecule has 2 aliphatic heterocycles. The zero-order chi connectivity index (χ0) is 18.0. The molecule has 2 saturated heterocycles. The smallest absolute Gasteiger partial charge is 0.257 e. The van der Waals surface area contributed by atoms with Gasteiger partial charge in [0, 0.05) is 19.6 Å². The molecule has 2 aliphatic rings. The predicted molar refractivity (Wildman–Crippen MR) is 97.9 cm³/mol. The first kappa shape index (κ1) is 18.2. The van der Waals surface area contributed by atoms with Crippen molar-refractivity contribution in [3.8, 4) is 5.75 Å². The third-order valence-electron chi connectivity index (χ3n) is 5.83. The van der Waals surface area contributed by atoms with Gasteiger partial charge in [0.05, 0.1) is 18.3 Å². The number of aryl methyl sites for hydroxylation is 1. The monoisotopic (exact) mass is 346 g/mol. The van der Waals surface area contributed by atoms with Gasteiger partial charge in [-0.25, -0.2) is 0 Å². The largest absolute Gasteiger partial charge is 0.507 e. The summed E-state index contributed by atoms with van der Waals surface area (Å²) in [5.41, 5.74) is 1.63. The Kier molecular flexibility index (Phi) is 5.35. The Hall–Kier alpha value is -1.59. The van der Waals surface area contributed by atoms with E-state index in [1.165, 1.54) is 0 Å². The van der Waals surface area contributed by atoms with Gasteiger partial charge in [0.1, 0.15) is 5.75 Å². The van der Waals surface area contributed by atoms with Crippen molar-refractivity contribution in [2.24, 2.45) is 5.41 Å². The molecule has 2 fully saturated rings. The number of hydrogen-bond donors (Lipinski definition) is 1. The van der Waals surface area contributed by atoms with Crippen LogP contribution in [-0.2, 0) is 4.74 Å². The van der Waals surface area contributed by atoms with Crippen molar-refractivity contribution >= 4 is 5.91 Å². The minimum Gasteiger partial charge on any atom is -0.507 e. The number of hydrogen-bond acceptors (Lipinski definition) is 4. The number of piperidine rings is 1. The number of rotatable bonds is 4. The van der Waals surface area contributed by atoms with Crippen molar-refractivity contribution in [1.29, 1.82) is 0 Å². The van der Waals surface area contributed by atoms with Gasteiger partial charge in [0.2, 0.25) is 0 Å². The Morgan fingerprint density at radius 2 is 2.12 bits per heavy atom. The fourth-order valence-corrected chi connectivity index (χ4v) is 4.01. The van der Waals surface area contributed by atoms with Crippen LogP contribution >= 0.6 is 0 Å². The molecule has 1 unspecified atom stereocenters. The van der Waals surface area contributed by atoms with Crippen molar-refractivity contribution in [2.75, 3.05) is 39.8 Å². The molecule has 3 rings (SSSR count). The van der Waals surface area contributed by atoms with Crippen LogP contribution in [0.2, 0.25) is 0 Å². The Morgan fingerprint density at radius 1 is 1.40 bits per heavy atom. The predicted octanol–water partition coefficient (Wildman–Crippen LogP) is 2.66. The number of nitrogens with zero attached hydrogens (tertiary/aromatic N) is 2. The number of phenolic OH excluding ortho intramolecular Hbond substituents is 1. The van der Waals surface area contributed by atoms with Crippen LogP contribution in [0.15, 0.2) is 18.2 Å². The van der Waals surface area contributed by atoms with Gasteiger partial charge >= 0.3 is 0 Å². The van der Waals surface area contributed by atoms with Crippen LogP contribution in [0, 0.1) is 12.3 Å². The van der Waals surface area contributed by atoms with Crippen LogP contribution < -0.4 is 0 Å². The number of carbonyl (C=O) groups excluding carboxylic acids is 1. The lowest BCUT2D eigenvalue weighted by Crippen LogP contribution is -2.43. The fraction of sp³-hybridized carbons (Fsp3) is 0.650. The number of phenols is 1. The zero-order valence-electron chi connectivity index (χ0n) is 15.6. The molecule has 0 aromatic heterocycles. The SMILES string of the molecule is CCN(C)CC1CC2(CCN(C(=O)c3cc(C)ccc3O)CC2)CO1. The van der Waals surface area contributed by atoms with E-state index in [9.17, 15) is 9.90 Å². The molecule has 1 spiro atoms. The van der Waals surface area contributed by atoms with Crippen LogP contribution in [0.25, 0.3) is 0 Å². The van der Waals surface area contributed by atoms with Crippen molar-refractivity contribution in [3.63, 3.8) is 0 Å². The lowest BCUT2D eigenvalue weighted by molar-refractivity contribution is 0.0462. The van der Waals surface area contributed by atoms with Crippen molar-refractivity contribution < 1.29 is 14.6 Å². The lowest BCUT2D eigenvalue weighted by Gasteiger charge is -2.38. The maximum Gasteiger partial charge on any atom is 0.257 e. The van der Waals surface area contributed by atoms with E-state index in [0.717, 1.165) is 57.6 Å². The minimum absolute atomic E-state index is 0.0581. The van der Waals surface area contributed by atoms with Crippen LogP contribution in [0.5, 0.6) is 5.75 Å². The summed E-state index contributed by atoms with van der Waals surface area (Å²) >= 11 is 0. The van der Waals surface area contributed by atoms with Gasteiger partial charge < -0.3 is 19.6 Å². The summed E-state index contributed by atoms with van der Waals surface area (Å²) in [4.78, 5) is 16.9. The van der Waals surface area contributed by atoms with E-state index in [-0.39, 0.29) is 17.1 Å². The van der Waals surface area contributed by atoms with Crippen LogP contribution in [-0.4, -0.2) is 66.8 Å². The highest BCUT2D eigenvalue weighted by Gasteiger charge is 2.43. The maximum atomic E-state index is 12.8. The van der Waals surface area contributed by atoms with Crippen LogP contribution in [0.1, 0.15) is 42.1 Å². The van der Waals surface area contributed by atoms with Crippen LogP contribution in [0.4, 0.5) is 0 Å². The fourth-order valence-electron chi connectivity index (χ4n) is 4.01. The minimum atomic E-state index is -0.0581. The molecule has 138 valence electrons. The van der Waals surface area contributed by atoms with E-state index in [1.807, 2.05) is 17.9 Å². The molecular weight excluding hydrogens is 316 g/mol. The summed E-state index contributed by atoms with van der Waals surface area (Å²) in [6.07, 6.45) is 3.37. The van der Waals surface area contributed by atoms with Gasteiger partial charge in [-0.15, -0.1) is 0 Å². The Balaban J connectivity index is 1.59. The molecule has 1 atom stereocenters. The van der Waals surface area contributed by atoms with E-state index in [0.29, 0.717) is 11.7 Å². The summed E-state index contributed by atoms with van der Waals surface area (Å²) in [6.45, 7) is 8.41.